The number of aliphatic carboxylic acids is 1. The van der Waals surface area contributed by atoms with E-state index in [0.717, 1.165) is 22.3 Å². The fraction of sp³-hybridized carbons (Fsp3) is 0.370. The quantitative estimate of drug-likeness (QED) is 0.463. The SMILES string of the molecule is CC(C)(C)c1cc(/C=C2\SC(=Nc3ccc(CCC(=O)O)cc3)NC2=O)cc(C(C)(C)C)c1O. The summed E-state index contributed by atoms with van der Waals surface area (Å²) >= 11 is 1.27. The molecule has 3 N–H and O–H groups in total. The zero-order valence-corrected chi connectivity index (χ0v) is 21.3. The zero-order valence-electron chi connectivity index (χ0n) is 20.5. The Morgan fingerprint density at radius 3 is 2.09 bits per heavy atom. The highest BCUT2D eigenvalue weighted by molar-refractivity contribution is 8.18. The summed E-state index contributed by atoms with van der Waals surface area (Å²) in [4.78, 5) is 28.4. The summed E-state index contributed by atoms with van der Waals surface area (Å²) in [6.07, 6.45) is 2.38. The van der Waals surface area contributed by atoms with Crippen LogP contribution in [0.25, 0.3) is 6.08 Å². The van der Waals surface area contributed by atoms with Crippen LogP contribution in [0.1, 0.15) is 70.2 Å². The van der Waals surface area contributed by atoms with E-state index < -0.39 is 5.97 Å². The molecule has 0 unspecified atom stereocenters. The molecular weight excluding hydrogens is 448 g/mol. The van der Waals surface area contributed by atoms with Gasteiger partial charge < -0.3 is 15.5 Å². The smallest absolute Gasteiger partial charge is 0.303 e. The Balaban J connectivity index is 1.88. The lowest BCUT2D eigenvalue weighted by Gasteiger charge is -2.28. The first-order valence-corrected chi connectivity index (χ1v) is 12.0. The number of carbonyl (C=O) groups excluding carboxylic acids is 1. The van der Waals surface area contributed by atoms with Crippen molar-refractivity contribution in [3.05, 3.63) is 63.6 Å². The van der Waals surface area contributed by atoms with Crippen molar-refractivity contribution in [3.8, 4) is 5.75 Å². The van der Waals surface area contributed by atoms with E-state index >= 15 is 0 Å². The number of hydrogen-bond donors (Lipinski definition) is 3. The number of amides is 1. The van der Waals surface area contributed by atoms with E-state index in [0.29, 0.717) is 27.9 Å². The molecule has 7 heteroatoms. The first-order chi connectivity index (χ1) is 15.7. The summed E-state index contributed by atoms with van der Waals surface area (Å²) in [7, 11) is 0. The molecule has 1 heterocycles. The molecule has 6 nitrogen and oxygen atoms in total. The number of carbonyl (C=O) groups is 2. The molecule has 0 spiro atoms. The van der Waals surface area contributed by atoms with Crippen molar-refractivity contribution in [2.75, 3.05) is 0 Å². The van der Waals surface area contributed by atoms with Gasteiger partial charge in [-0.15, -0.1) is 0 Å². The van der Waals surface area contributed by atoms with Gasteiger partial charge >= 0.3 is 5.97 Å². The van der Waals surface area contributed by atoms with E-state index in [-0.39, 0.29) is 23.2 Å². The molecule has 0 atom stereocenters. The average molecular weight is 481 g/mol. The first kappa shape index (κ1) is 25.6. The number of benzene rings is 2. The molecule has 1 amide bonds. The van der Waals surface area contributed by atoms with Gasteiger partial charge in [-0.05, 0) is 70.5 Å². The molecule has 2 aromatic rings. The van der Waals surface area contributed by atoms with Crippen LogP contribution in [0.3, 0.4) is 0 Å². The third kappa shape index (κ3) is 6.29. The fourth-order valence-electron chi connectivity index (χ4n) is 3.62. The molecule has 34 heavy (non-hydrogen) atoms. The van der Waals surface area contributed by atoms with Crippen LogP contribution in [0, 0.1) is 0 Å². The monoisotopic (exact) mass is 480 g/mol. The predicted molar refractivity (Wildman–Crippen MR) is 139 cm³/mol. The maximum absolute atomic E-state index is 12.6. The molecule has 1 aliphatic rings. The fourth-order valence-corrected chi connectivity index (χ4v) is 4.46. The second kappa shape index (κ2) is 9.66. The number of thioether (sulfide) groups is 1. The minimum Gasteiger partial charge on any atom is -0.507 e. The van der Waals surface area contributed by atoms with Gasteiger partial charge in [0.25, 0.3) is 5.91 Å². The van der Waals surface area contributed by atoms with Gasteiger partial charge in [-0.25, -0.2) is 4.99 Å². The van der Waals surface area contributed by atoms with E-state index in [9.17, 15) is 14.7 Å². The maximum atomic E-state index is 12.6. The van der Waals surface area contributed by atoms with E-state index in [1.54, 1.807) is 0 Å². The minimum atomic E-state index is -0.827. The van der Waals surface area contributed by atoms with Gasteiger partial charge in [0.1, 0.15) is 5.75 Å². The normalized spacial score (nSPS) is 16.8. The first-order valence-electron chi connectivity index (χ1n) is 11.2. The van der Waals surface area contributed by atoms with Crippen molar-refractivity contribution in [3.63, 3.8) is 0 Å². The Kier molecular flexibility index (Phi) is 7.26. The highest BCUT2D eigenvalue weighted by Crippen LogP contribution is 2.40. The number of nitrogens with zero attached hydrogens (tertiary/aromatic N) is 1. The molecule has 1 fully saturated rings. The maximum Gasteiger partial charge on any atom is 0.303 e. The van der Waals surface area contributed by atoms with Crippen LogP contribution >= 0.6 is 11.8 Å². The van der Waals surface area contributed by atoms with Crippen molar-refractivity contribution < 1.29 is 19.8 Å². The number of phenols is 1. The van der Waals surface area contributed by atoms with Crippen LogP contribution in [-0.2, 0) is 26.8 Å². The molecule has 3 rings (SSSR count). The number of nitrogens with one attached hydrogen (secondary N) is 1. The van der Waals surface area contributed by atoms with Crippen LogP contribution in [0.2, 0.25) is 0 Å². The summed E-state index contributed by atoms with van der Waals surface area (Å²) in [6, 6.07) is 11.2. The summed E-state index contributed by atoms with van der Waals surface area (Å²) in [5.74, 6) is -0.740. The van der Waals surface area contributed by atoms with E-state index in [1.165, 1.54) is 11.8 Å². The van der Waals surface area contributed by atoms with Gasteiger partial charge in [0.05, 0.1) is 10.6 Å². The lowest BCUT2D eigenvalue weighted by Crippen LogP contribution is -2.19. The Hall–Kier alpha value is -3.06. The van der Waals surface area contributed by atoms with Crippen LogP contribution in [-0.4, -0.2) is 27.3 Å². The van der Waals surface area contributed by atoms with Gasteiger partial charge in [-0.3, -0.25) is 9.59 Å². The largest absolute Gasteiger partial charge is 0.507 e. The minimum absolute atomic E-state index is 0.0824. The summed E-state index contributed by atoms with van der Waals surface area (Å²) in [6.45, 7) is 12.3. The zero-order chi connectivity index (χ0) is 25.3. The Morgan fingerprint density at radius 2 is 1.59 bits per heavy atom. The van der Waals surface area contributed by atoms with Gasteiger partial charge in [0.15, 0.2) is 5.17 Å². The highest BCUT2D eigenvalue weighted by atomic mass is 32.2. The third-order valence-corrected chi connectivity index (χ3v) is 6.40. The Bertz CT molecular complexity index is 1130. The number of hydrogen-bond acceptors (Lipinski definition) is 5. The summed E-state index contributed by atoms with van der Waals surface area (Å²) in [5, 5.41) is 23.0. The molecule has 2 aromatic carbocycles. The number of aromatic hydroxyl groups is 1. The topological polar surface area (TPSA) is 99.0 Å². The Labute approximate surface area is 205 Å². The molecule has 180 valence electrons. The van der Waals surface area contributed by atoms with Crippen LogP contribution in [0.5, 0.6) is 5.75 Å². The number of carboxylic acids is 1. The van der Waals surface area contributed by atoms with Crippen LogP contribution < -0.4 is 5.32 Å². The predicted octanol–water partition coefficient (Wildman–Crippen LogP) is 5.90. The second-order valence-corrected chi connectivity index (χ2v) is 11.5. The van der Waals surface area contributed by atoms with Crippen molar-refractivity contribution in [1.29, 1.82) is 0 Å². The van der Waals surface area contributed by atoms with Gasteiger partial charge in [-0.2, -0.15) is 0 Å². The van der Waals surface area contributed by atoms with Crippen molar-refractivity contribution in [2.45, 2.75) is 65.2 Å². The molecular formula is C27H32N2O4S. The Morgan fingerprint density at radius 1 is 1.03 bits per heavy atom. The summed E-state index contributed by atoms with van der Waals surface area (Å²) < 4.78 is 0. The van der Waals surface area contributed by atoms with Gasteiger partial charge in [-0.1, -0.05) is 53.7 Å². The van der Waals surface area contributed by atoms with E-state index in [2.05, 4.69) is 51.9 Å². The standard InChI is InChI=1S/C27H32N2O4S/c1-26(2,3)19-13-17(14-20(23(19)32)27(4,5)6)15-21-24(33)29-25(34-21)28-18-10-7-16(8-11-18)9-12-22(30)31/h7-8,10-11,13-15,32H,9,12H2,1-6H3,(H,30,31)(H,28,29,33)/b21-15-. The van der Waals surface area contributed by atoms with E-state index in [4.69, 9.17) is 5.11 Å². The average Bonchev–Trinajstić information content (AvgIpc) is 3.05. The number of rotatable bonds is 5. The van der Waals surface area contributed by atoms with Crippen molar-refractivity contribution in [2.24, 2.45) is 4.99 Å². The van der Waals surface area contributed by atoms with E-state index in [1.807, 2.05) is 42.5 Å². The second-order valence-electron chi connectivity index (χ2n) is 10.5. The molecule has 1 saturated heterocycles. The molecule has 0 aromatic heterocycles. The van der Waals surface area contributed by atoms with Gasteiger partial charge in [0.2, 0.25) is 0 Å². The highest BCUT2D eigenvalue weighted by Gasteiger charge is 2.28. The molecule has 0 aliphatic carbocycles. The lowest BCUT2D eigenvalue weighted by atomic mass is 9.78. The third-order valence-electron chi connectivity index (χ3n) is 5.49. The van der Waals surface area contributed by atoms with Crippen molar-refractivity contribution in [1.82, 2.24) is 5.32 Å². The lowest BCUT2D eigenvalue weighted by molar-refractivity contribution is -0.137. The molecule has 0 radical (unpaired) electrons. The van der Waals surface area contributed by atoms with Gasteiger partial charge in [0, 0.05) is 17.5 Å². The number of aliphatic imine (C=N–C) groups is 1. The number of phenolic OH excluding ortho intramolecular Hbond substituents is 1. The molecule has 0 saturated carbocycles. The summed E-state index contributed by atoms with van der Waals surface area (Å²) in [5.41, 5.74) is 3.62. The number of aryl methyl sites for hydroxylation is 1. The molecule has 1 aliphatic heterocycles. The van der Waals surface area contributed by atoms with Crippen LogP contribution in [0.4, 0.5) is 5.69 Å². The van der Waals surface area contributed by atoms with Crippen LogP contribution in [0.15, 0.2) is 46.3 Å². The number of carboxylic acid groups (broad SMARTS) is 1. The number of amidine groups is 1. The van der Waals surface area contributed by atoms with Crippen molar-refractivity contribution >= 4 is 40.6 Å². The molecule has 0 bridgehead atoms.